The van der Waals surface area contributed by atoms with E-state index in [1.165, 1.54) is 0 Å². The molecular weight excluding hydrogens is 372 g/mol. The highest BCUT2D eigenvalue weighted by atomic mass is 79.9. The zero-order valence-corrected chi connectivity index (χ0v) is 15.3. The standard InChI is InChI=1S/C18H19BrN2O3/c1-11(2)24-16-7-5-4-6-15(16)21-18(23)17(22)20-13-9-8-12(3)14(19)10-13/h4-11H,1-3H3,(H,20,22)(H,21,23). The normalized spacial score (nSPS) is 10.4. The highest BCUT2D eigenvalue weighted by Gasteiger charge is 2.16. The topological polar surface area (TPSA) is 67.4 Å². The van der Waals surface area contributed by atoms with Gasteiger partial charge in [0.1, 0.15) is 5.75 Å². The molecule has 2 rings (SSSR count). The van der Waals surface area contributed by atoms with Crippen LogP contribution in [-0.4, -0.2) is 17.9 Å². The van der Waals surface area contributed by atoms with Crippen LogP contribution in [0.2, 0.25) is 0 Å². The third-order valence-corrected chi connectivity index (χ3v) is 3.99. The Morgan fingerprint density at radius 3 is 2.38 bits per heavy atom. The van der Waals surface area contributed by atoms with Crippen molar-refractivity contribution in [1.29, 1.82) is 0 Å². The van der Waals surface area contributed by atoms with Gasteiger partial charge in [-0.3, -0.25) is 9.59 Å². The molecule has 2 aromatic carbocycles. The molecule has 5 nitrogen and oxygen atoms in total. The average molecular weight is 391 g/mol. The molecule has 0 aliphatic heterocycles. The SMILES string of the molecule is Cc1ccc(NC(=O)C(=O)Nc2ccccc2OC(C)C)cc1Br. The van der Waals surface area contributed by atoms with Crippen molar-refractivity contribution in [1.82, 2.24) is 0 Å². The molecular formula is C18H19BrN2O3. The minimum atomic E-state index is -0.758. The zero-order valence-electron chi connectivity index (χ0n) is 13.7. The quantitative estimate of drug-likeness (QED) is 0.771. The van der Waals surface area contributed by atoms with E-state index in [1.807, 2.05) is 26.8 Å². The summed E-state index contributed by atoms with van der Waals surface area (Å²) in [4.78, 5) is 24.2. The number of hydrogen-bond donors (Lipinski definition) is 2. The lowest BCUT2D eigenvalue weighted by molar-refractivity contribution is -0.133. The highest BCUT2D eigenvalue weighted by Crippen LogP contribution is 2.25. The average Bonchev–Trinajstić information content (AvgIpc) is 2.52. The van der Waals surface area contributed by atoms with Crippen molar-refractivity contribution in [3.63, 3.8) is 0 Å². The molecule has 0 aromatic heterocycles. The first-order valence-electron chi connectivity index (χ1n) is 7.51. The van der Waals surface area contributed by atoms with Gasteiger partial charge in [0.2, 0.25) is 0 Å². The van der Waals surface area contributed by atoms with Crippen molar-refractivity contribution in [2.75, 3.05) is 10.6 Å². The van der Waals surface area contributed by atoms with Crippen LogP contribution in [0.25, 0.3) is 0 Å². The van der Waals surface area contributed by atoms with Crippen LogP contribution in [0.15, 0.2) is 46.9 Å². The Bertz CT molecular complexity index is 760. The summed E-state index contributed by atoms with van der Waals surface area (Å²) in [5.74, 6) is -0.983. The molecule has 0 aliphatic carbocycles. The molecule has 0 aliphatic rings. The van der Waals surface area contributed by atoms with Crippen LogP contribution in [0.4, 0.5) is 11.4 Å². The molecule has 0 atom stereocenters. The third kappa shape index (κ3) is 4.83. The fraction of sp³-hybridized carbons (Fsp3) is 0.222. The number of anilines is 2. The minimum absolute atomic E-state index is 0.0400. The molecule has 0 heterocycles. The van der Waals surface area contributed by atoms with Gasteiger partial charge in [-0.25, -0.2) is 0 Å². The predicted molar refractivity (Wildman–Crippen MR) is 98.3 cm³/mol. The molecule has 2 amide bonds. The van der Waals surface area contributed by atoms with E-state index in [-0.39, 0.29) is 6.10 Å². The predicted octanol–water partition coefficient (Wildman–Crippen LogP) is 4.12. The van der Waals surface area contributed by atoms with Crippen molar-refractivity contribution in [2.45, 2.75) is 26.9 Å². The van der Waals surface area contributed by atoms with Gasteiger partial charge < -0.3 is 15.4 Å². The number of rotatable bonds is 4. The maximum absolute atomic E-state index is 12.1. The van der Waals surface area contributed by atoms with Crippen molar-refractivity contribution >= 4 is 39.1 Å². The van der Waals surface area contributed by atoms with Crippen LogP contribution in [0, 0.1) is 6.92 Å². The first kappa shape index (κ1) is 18.0. The van der Waals surface area contributed by atoms with Crippen LogP contribution < -0.4 is 15.4 Å². The number of aryl methyl sites for hydroxylation is 1. The Morgan fingerprint density at radius 2 is 1.71 bits per heavy atom. The summed E-state index contributed by atoms with van der Waals surface area (Å²) in [5.41, 5.74) is 2.04. The van der Waals surface area contributed by atoms with Gasteiger partial charge in [0.25, 0.3) is 0 Å². The summed E-state index contributed by atoms with van der Waals surface area (Å²) < 4.78 is 6.48. The number of carbonyl (C=O) groups excluding carboxylic acids is 2. The molecule has 2 aromatic rings. The first-order chi connectivity index (χ1) is 11.4. The summed E-state index contributed by atoms with van der Waals surface area (Å²) in [5, 5.41) is 5.14. The fourth-order valence-corrected chi connectivity index (χ4v) is 2.34. The van der Waals surface area contributed by atoms with Crippen LogP contribution in [-0.2, 0) is 9.59 Å². The molecule has 0 fully saturated rings. The number of ether oxygens (including phenoxy) is 1. The van der Waals surface area contributed by atoms with Crippen LogP contribution in [0.1, 0.15) is 19.4 Å². The molecule has 0 saturated carbocycles. The number of benzene rings is 2. The lowest BCUT2D eigenvalue weighted by Crippen LogP contribution is -2.29. The van der Waals surface area contributed by atoms with Crippen LogP contribution in [0.5, 0.6) is 5.75 Å². The Hall–Kier alpha value is -2.34. The summed E-state index contributed by atoms with van der Waals surface area (Å²) in [6, 6.07) is 12.3. The van der Waals surface area contributed by atoms with Crippen LogP contribution in [0.3, 0.4) is 0 Å². The van der Waals surface area contributed by atoms with E-state index in [4.69, 9.17) is 4.74 Å². The smallest absolute Gasteiger partial charge is 0.314 e. The molecule has 6 heteroatoms. The lowest BCUT2D eigenvalue weighted by atomic mass is 10.2. The fourth-order valence-electron chi connectivity index (χ4n) is 1.96. The van der Waals surface area contributed by atoms with E-state index in [2.05, 4.69) is 26.6 Å². The summed E-state index contributed by atoms with van der Waals surface area (Å²) in [7, 11) is 0. The van der Waals surface area contributed by atoms with Gasteiger partial charge in [0, 0.05) is 10.2 Å². The Kier molecular flexibility index (Phi) is 5.98. The van der Waals surface area contributed by atoms with Gasteiger partial charge in [0.05, 0.1) is 11.8 Å². The van der Waals surface area contributed by atoms with Gasteiger partial charge in [-0.1, -0.05) is 34.1 Å². The lowest BCUT2D eigenvalue weighted by Gasteiger charge is -2.14. The number of amides is 2. The summed E-state index contributed by atoms with van der Waals surface area (Å²) in [6.07, 6.45) is -0.0400. The van der Waals surface area contributed by atoms with E-state index in [0.717, 1.165) is 10.0 Å². The summed E-state index contributed by atoms with van der Waals surface area (Å²) >= 11 is 3.39. The molecule has 126 valence electrons. The second-order valence-corrected chi connectivity index (χ2v) is 6.39. The zero-order chi connectivity index (χ0) is 17.7. The van der Waals surface area contributed by atoms with E-state index >= 15 is 0 Å². The van der Waals surface area contributed by atoms with Gasteiger partial charge >= 0.3 is 11.8 Å². The van der Waals surface area contributed by atoms with E-state index in [1.54, 1.807) is 36.4 Å². The van der Waals surface area contributed by atoms with Crippen molar-refractivity contribution in [3.8, 4) is 5.75 Å². The Morgan fingerprint density at radius 1 is 1.04 bits per heavy atom. The maximum Gasteiger partial charge on any atom is 0.314 e. The molecule has 2 N–H and O–H groups in total. The number of para-hydroxylation sites is 2. The van der Waals surface area contributed by atoms with Crippen molar-refractivity contribution in [3.05, 3.63) is 52.5 Å². The van der Waals surface area contributed by atoms with Gasteiger partial charge in [-0.05, 0) is 50.6 Å². The maximum atomic E-state index is 12.1. The molecule has 0 unspecified atom stereocenters. The molecule has 0 spiro atoms. The van der Waals surface area contributed by atoms with E-state index < -0.39 is 11.8 Å². The van der Waals surface area contributed by atoms with E-state index in [0.29, 0.717) is 17.1 Å². The second-order valence-electron chi connectivity index (χ2n) is 5.53. The largest absolute Gasteiger partial charge is 0.489 e. The van der Waals surface area contributed by atoms with Gasteiger partial charge in [-0.15, -0.1) is 0 Å². The third-order valence-electron chi connectivity index (χ3n) is 3.13. The van der Waals surface area contributed by atoms with Crippen molar-refractivity contribution < 1.29 is 14.3 Å². The second kappa shape index (κ2) is 7.97. The van der Waals surface area contributed by atoms with Gasteiger partial charge in [-0.2, -0.15) is 0 Å². The monoisotopic (exact) mass is 390 g/mol. The van der Waals surface area contributed by atoms with Crippen molar-refractivity contribution in [2.24, 2.45) is 0 Å². The highest BCUT2D eigenvalue weighted by molar-refractivity contribution is 9.10. The molecule has 24 heavy (non-hydrogen) atoms. The van der Waals surface area contributed by atoms with Gasteiger partial charge in [0.15, 0.2) is 0 Å². The molecule has 0 bridgehead atoms. The number of nitrogens with one attached hydrogen (secondary N) is 2. The molecule has 0 radical (unpaired) electrons. The first-order valence-corrected chi connectivity index (χ1v) is 8.30. The number of carbonyl (C=O) groups is 2. The Labute approximate surface area is 149 Å². The number of hydrogen-bond acceptors (Lipinski definition) is 3. The Balaban J connectivity index is 2.06. The summed E-state index contributed by atoms with van der Waals surface area (Å²) in [6.45, 7) is 5.72. The van der Waals surface area contributed by atoms with E-state index in [9.17, 15) is 9.59 Å². The van der Waals surface area contributed by atoms with Crippen LogP contribution >= 0.6 is 15.9 Å². The molecule has 0 saturated heterocycles. The number of halogens is 1. The minimum Gasteiger partial charge on any atom is -0.489 e.